The number of halogens is 1. The van der Waals surface area contributed by atoms with Crippen LogP contribution in [0.2, 0.25) is 0 Å². The van der Waals surface area contributed by atoms with Crippen LogP contribution in [0.25, 0.3) is 0 Å². The molecular weight excluding hydrogens is 198 g/mol. The molecule has 3 heteroatoms. The number of nitrogens with zero attached hydrogens (tertiary/aromatic N) is 1. The lowest BCUT2D eigenvalue weighted by molar-refractivity contribution is -0.126. The van der Waals surface area contributed by atoms with Gasteiger partial charge in [-0.05, 0) is 13.8 Å². The first-order chi connectivity index (χ1) is 5.97. The molecular formula is C11H18ClNO. The standard InChI is InChI=1S/C11H17NO.ClH/c1-5-11(3,4)12-7-6-10(13)9(2)8-12;/h1,9H,6-8H2,2-4H3;1H. The minimum atomic E-state index is -0.213. The lowest BCUT2D eigenvalue weighted by Crippen LogP contribution is -2.50. The van der Waals surface area contributed by atoms with Crippen LogP contribution in [0.3, 0.4) is 0 Å². The van der Waals surface area contributed by atoms with E-state index in [9.17, 15) is 4.79 Å². The number of terminal acetylenes is 1. The molecule has 2 nitrogen and oxygen atoms in total. The third kappa shape index (κ3) is 2.73. The van der Waals surface area contributed by atoms with Crippen LogP contribution in [0.5, 0.6) is 0 Å². The van der Waals surface area contributed by atoms with Crippen molar-refractivity contribution >= 4 is 18.2 Å². The number of ketones is 1. The molecule has 0 N–H and O–H groups in total. The summed E-state index contributed by atoms with van der Waals surface area (Å²) in [5, 5.41) is 0. The maximum Gasteiger partial charge on any atom is 0.138 e. The van der Waals surface area contributed by atoms with E-state index >= 15 is 0 Å². The van der Waals surface area contributed by atoms with Gasteiger partial charge in [0.2, 0.25) is 0 Å². The molecule has 1 rings (SSSR count). The molecule has 0 saturated carbocycles. The summed E-state index contributed by atoms with van der Waals surface area (Å²) in [6.45, 7) is 7.63. The molecule has 0 amide bonds. The molecule has 1 heterocycles. The van der Waals surface area contributed by atoms with Gasteiger partial charge in [-0.1, -0.05) is 12.8 Å². The Balaban J connectivity index is 0.00000169. The van der Waals surface area contributed by atoms with E-state index in [1.165, 1.54) is 0 Å². The topological polar surface area (TPSA) is 20.3 Å². The molecule has 0 aliphatic carbocycles. The van der Waals surface area contributed by atoms with Gasteiger partial charge in [0.05, 0.1) is 5.54 Å². The van der Waals surface area contributed by atoms with Gasteiger partial charge < -0.3 is 0 Å². The molecule has 0 aromatic carbocycles. The Morgan fingerprint density at radius 3 is 2.57 bits per heavy atom. The Morgan fingerprint density at radius 1 is 1.57 bits per heavy atom. The number of rotatable bonds is 1. The summed E-state index contributed by atoms with van der Waals surface area (Å²) in [4.78, 5) is 13.5. The molecule has 0 aromatic rings. The van der Waals surface area contributed by atoms with Crippen LogP contribution in [0.15, 0.2) is 0 Å². The third-order valence-electron chi connectivity index (χ3n) is 2.82. The Labute approximate surface area is 92.5 Å². The maximum atomic E-state index is 11.3. The highest BCUT2D eigenvalue weighted by Crippen LogP contribution is 2.20. The minimum absolute atomic E-state index is 0. The van der Waals surface area contributed by atoms with Crippen LogP contribution in [-0.4, -0.2) is 29.3 Å². The summed E-state index contributed by atoms with van der Waals surface area (Å²) < 4.78 is 0. The van der Waals surface area contributed by atoms with Crippen LogP contribution >= 0.6 is 12.4 Å². The van der Waals surface area contributed by atoms with Crippen molar-refractivity contribution in [1.29, 1.82) is 0 Å². The van der Waals surface area contributed by atoms with Crippen molar-refractivity contribution in [3.8, 4) is 12.3 Å². The van der Waals surface area contributed by atoms with Crippen molar-refractivity contribution in [2.45, 2.75) is 32.7 Å². The number of hydrogen-bond donors (Lipinski definition) is 0. The highest BCUT2D eigenvalue weighted by atomic mass is 35.5. The predicted octanol–water partition coefficient (Wildman–Crippen LogP) is 1.73. The molecule has 1 fully saturated rings. The van der Waals surface area contributed by atoms with E-state index < -0.39 is 0 Å². The summed E-state index contributed by atoms with van der Waals surface area (Å²) >= 11 is 0. The number of hydrogen-bond acceptors (Lipinski definition) is 2. The summed E-state index contributed by atoms with van der Waals surface area (Å²) in [7, 11) is 0. The quantitative estimate of drug-likeness (QED) is 0.621. The second-order valence-electron chi connectivity index (χ2n) is 4.27. The summed E-state index contributed by atoms with van der Waals surface area (Å²) in [6.07, 6.45) is 6.09. The lowest BCUT2D eigenvalue weighted by atomic mass is 9.93. The molecule has 0 spiro atoms. The zero-order chi connectivity index (χ0) is 10.1. The molecule has 0 bridgehead atoms. The maximum absolute atomic E-state index is 11.3. The Kier molecular flexibility index (Phi) is 4.64. The fourth-order valence-electron chi connectivity index (χ4n) is 1.61. The van der Waals surface area contributed by atoms with Crippen molar-refractivity contribution in [1.82, 2.24) is 4.90 Å². The van der Waals surface area contributed by atoms with E-state index in [-0.39, 0.29) is 23.9 Å². The zero-order valence-electron chi connectivity index (χ0n) is 9.04. The molecule has 1 unspecified atom stereocenters. The molecule has 1 atom stereocenters. The van der Waals surface area contributed by atoms with Gasteiger partial charge >= 0.3 is 0 Å². The molecule has 0 aromatic heterocycles. The SMILES string of the molecule is C#CC(C)(C)N1CCC(=O)C(C)C1.Cl. The number of carbonyl (C=O) groups is 1. The van der Waals surface area contributed by atoms with Crippen molar-refractivity contribution in [3.63, 3.8) is 0 Å². The van der Waals surface area contributed by atoms with Gasteiger partial charge in [0.1, 0.15) is 5.78 Å². The van der Waals surface area contributed by atoms with Crippen molar-refractivity contribution < 1.29 is 4.79 Å². The molecule has 0 radical (unpaired) electrons. The highest BCUT2D eigenvalue weighted by Gasteiger charge is 2.31. The monoisotopic (exact) mass is 215 g/mol. The number of Topliss-reactive ketones (excluding diaryl/α,β-unsaturated/α-hetero) is 1. The van der Waals surface area contributed by atoms with Gasteiger partial charge in [-0.25, -0.2) is 0 Å². The van der Waals surface area contributed by atoms with Crippen LogP contribution in [0.1, 0.15) is 27.2 Å². The lowest BCUT2D eigenvalue weighted by Gasteiger charge is -2.39. The number of piperidine rings is 1. The Morgan fingerprint density at radius 2 is 2.14 bits per heavy atom. The third-order valence-corrected chi connectivity index (χ3v) is 2.82. The van der Waals surface area contributed by atoms with E-state index in [2.05, 4.69) is 10.8 Å². The van der Waals surface area contributed by atoms with Gasteiger partial charge in [0, 0.05) is 25.4 Å². The Hall–Kier alpha value is -0.520. The van der Waals surface area contributed by atoms with Crippen molar-refractivity contribution in [2.75, 3.05) is 13.1 Å². The van der Waals surface area contributed by atoms with Gasteiger partial charge in [0.15, 0.2) is 0 Å². The molecule has 80 valence electrons. The smallest absolute Gasteiger partial charge is 0.138 e. The first-order valence-electron chi connectivity index (χ1n) is 4.73. The zero-order valence-corrected chi connectivity index (χ0v) is 9.86. The van der Waals surface area contributed by atoms with Crippen LogP contribution in [0, 0.1) is 18.3 Å². The van der Waals surface area contributed by atoms with Crippen LogP contribution in [0.4, 0.5) is 0 Å². The summed E-state index contributed by atoms with van der Waals surface area (Å²) in [5.41, 5.74) is -0.213. The van der Waals surface area contributed by atoms with Gasteiger partial charge in [-0.2, -0.15) is 0 Å². The van der Waals surface area contributed by atoms with E-state index in [0.717, 1.165) is 13.1 Å². The van der Waals surface area contributed by atoms with E-state index in [0.29, 0.717) is 12.2 Å². The van der Waals surface area contributed by atoms with Crippen LogP contribution < -0.4 is 0 Å². The average molecular weight is 216 g/mol. The van der Waals surface area contributed by atoms with Crippen molar-refractivity contribution in [3.05, 3.63) is 0 Å². The fraction of sp³-hybridized carbons (Fsp3) is 0.727. The second kappa shape index (κ2) is 4.82. The first-order valence-corrected chi connectivity index (χ1v) is 4.73. The van der Waals surface area contributed by atoms with Crippen LogP contribution in [-0.2, 0) is 4.79 Å². The van der Waals surface area contributed by atoms with Gasteiger partial charge in [-0.3, -0.25) is 9.69 Å². The van der Waals surface area contributed by atoms with Gasteiger partial charge in [0.25, 0.3) is 0 Å². The number of likely N-dealkylation sites (tertiary alicyclic amines) is 1. The highest BCUT2D eigenvalue weighted by molar-refractivity contribution is 5.85. The second-order valence-corrected chi connectivity index (χ2v) is 4.27. The Bertz CT molecular complexity index is 255. The van der Waals surface area contributed by atoms with E-state index in [1.54, 1.807) is 0 Å². The first kappa shape index (κ1) is 13.5. The summed E-state index contributed by atoms with van der Waals surface area (Å²) in [5.74, 6) is 3.27. The largest absolute Gasteiger partial charge is 0.299 e. The average Bonchev–Trinajstić information content (AvgIpc) is 2.09. The van der Waals surface area contributed by atoms with Crippen molar-refractivity contribution in [2.24, 2.45) is 5.92 Å². The number of carbonyl (C=O) groups excluding carboxylic acids is 1. The molecule has 1 aliphatic heterocycles. The van der Waals surface area contributed by atoms with E-state index in [1.807, 2.05) is 20.8 Å². The molecule has 1 saturated heterocycles. The molecule has 14 heavy (non-hydrogen) atoms. The fourth-order valence-corrected chi connectivity index (χ4v) is 1.61. The minimum Gasteiger partial charge on any atom is -0.299 e. The van der Waals surface area contributed by atoms with Gasteiger partial charge in [-0.15, -0.1) is 18.8 Å². The normalized spacial score (nSPS) is 23.9. The summed E-state index contributed by atoms with van der Waals surface area (Å²) in [6, 6.07) is 0. The molecule has 1 aliphatic rings. The predicted molar refractivity (Wildman–Crippen MR) is 60.5 cm³/mol. The van der Waals surface area contributed by atoms with E-state index in [4.69, 9.17) is 6.42 Å².